The Bertz CT molecular complexity index is 534. The van der Waals surface area contributed by atoms with Crippen LogP contribution in [0, 0.1) is 0 Å². The van der Waals surface area contributed by atoms with Crippen LogP contribution in [0.15, 0.2) is 28.9 Å². The molecule has 20 heavy (non-hydrogen) atoms. The van der Waals surface area contributed by atoms with Crippen molar-refractivity contribution in [2.75, 3.05) is 26.2 Å². The lowest BCUT2D eigenvalue weighted by molar-refractivity contribution is 0.198. The molecule has 2 N–H and O–H groups in total. The molecule has 2 aromatic rings. The summed E-state index contributed by atoms with van der Waals surface area (Å²) in [7, 11) is 0. The van der Waals surface area contributed by atoms with Gasteiger partial charge in [-0.15, -0.1) is 0 Å². The predicted octanol–water partition coefficient (Wildman–Crippen LogP) is 1.27. The Balaban J connectivity index is 1.66. The van der Waals surface area contributed by atoms with E-state index in [2.05, 4.69) is 20.0 Å². The standard InChI is InChI=1S/C14H19N5O/c15-6-10-19-8-4-11(5-9-19)14-17-13(18-20-14)12-3-1-2-7-16-12/h1-3,7,11H,4-6,8-10,15H2. The number of rotatable bonds is 4. The van der Waals surface area contributed by atoms with Crippen molar-refractivity contribution in [3.05, 3.63) is 30.3 Å². The first-order valence-electron chi connectivity index (χ1n) is 7.04. The molecular formula is C14H19N5O. The summed E-state index contributed by atoms with van der Waals surface area (Å²) in [5, 5.41) is 4.03. The van der Waals surface area contributed by atoms with Crippen LogP contribution >= 0.6 is 0 Å². The number of hydrogen-bond acceptors (Lipinski definition) is 6. The average molecular weight is 273 g/mol. The first-order valence-corrected chi connectivity index (χ1v) is 7.04. The lowest BCUT2D eigenvalue weighted by Crippen LogP contribution is -2.36. The van der Waals surface area contributed by atoms with Crippen molar-refractivity contribution < 1.29 is 4.52 Å². The normalized spacial score (nSPS) is 17.4. The van der Waals surface area contributed by atoms with Crippen molar-refractivity contribution in [2.24, 2.45) is 5.73 Å². The monoisotopic (exact) mass is 273 g/mol. The Morgan fingerprint density at radius 3 is 2.85 bits per heavy atom. The summed E-state index contributed by atoms with van der Waals surface area (Å²) in [5.41, 5.74) is 6.34. The van der Waals surface area contributed by atoms with Crippen LogP contribution in [0.1, 0.15) is 24.7 Å². The highest BCUT2D eigenvalue weighted by Crippen LogP contribution is 2.27. The van der Waals surface area contributed by atoms with Crippen LogP contribution in [0.3, 0.4) is 0 Å². The second-order valence-corrected chi connectivity index (χ2v) is 5.08. The van der Waals surface area contributed by atoms with E-state index in [1.54, 1.807) is 6.20 Å². The van der Waals surface area contributed by atoms with Gasteiger partial charge in [-0.25, -0.2) is 0 Å². The molecule has 1 aliphatic rings. The van der Waals surface area contributed by atoms with Gasteiger partial charge in [0.05, 0.1) is 0 Å². The van der Waals surface area contributed by atoms with Crippen LogP contribution in [0.2, 0.25) is 0 Å². The molecular weight excluding hydrogens is 254 g/mol. The maximum absolute atomic E-state index is 5.58. The fraction of sp³-hybridized carbons (Fsp3) is 0.500. The third kappa shape index (κ3) is 2.86. The lowest BCUT2D eigenvalue weighted by atomic mass is 9.97. The van der Waals surface area contributed by atoms with Crippen LogP contribution in [0.25, 0.3) is 11.5 Å². The Hall–Kier alpha value is -1.79. The van der Waals surface area contributed by atoms with Gasteiger partial charge in [0.25, 0.3) is 0 Å². The van der Waals surface area contributed by atoms with E-state index >= 15 is 0 Å². The molecule has 1 saturated heterocycles. The van der Waals surface area contributed by atoms with Crippen molar-refractivity contribution in [2.45, 2.75) is 18.8 Å². The molecule has 1 fully saturated rings. The Morgan fingerprint density at radius 2 is 2.15 bits per heavy atom. The zero-order valence-electron chi connectivity index (χ0n) is 11.4. The molecule has 0 unspecified atom stereocenters. The van der Waals surface area contributed by atoms with Gasteiger partial charge in [-0.1, -0.05) is 11.2 Å². The fourth-order valence-electron chi connectivity index (χ4n) is 2.59. The molecule has 0 bridgehead atoms. The zero-order valence-corrected chi connectivity index (χ0v) is 11.4. The molecule has 3 rings (SSSR count). The van der Waals surface area contributed by atoms with Gasteiger partial charge >= 0.3 is 0 Å². The van der Waals surface area contributed by atoms with Crippen molar-refractivity contribution in [1.29, 1.82) is 0 Å². The van der Waals surface area contributed by atoms with Gasteiger partial charge in [0.2, 0.25) is 11.7 Å². The quantitative estimate of drug-likeness (QED) is 0.903. The molecule has 2 aromatic heterocycles. The van der Waals surface area contributed by atoms with Gasteiger partial charge in [-0.3, -0.25) is 4.98 Å². The van der Waals surface area contributed by atoms with Crippen LogP contribution < -0.4 is 5.73 Å². The van der Waals surface area contributed by atoms with Gasteiger partial charge < -0.3 is 15.2 Å². The number of nitrogens with two attached hydrogens (primary N) is 1. The Labute approximate surface area is 118 Å². The molecule has 0 aromatic carbocycles. The minimum absolute atomic E-state index is 0.356. The fourth-order valence-corrected chi connectivity index (χ4v) is 2.59. The first-order chi connectivity index (χ1) is 9.86. The van der Waals surface area contributed by atoms with Gasteiger partial charge in [-0.2, -0.15) is 4.98 Å². The van der Waals surface area contributed by atoms with E-state index in [1.165, 1.54) is 0 Å². The summed E-state index contributed by atoms with van der Waals surface area (Å²) in [4.78, 5) is 11.1. The second kappa shape index (κ2) is 6.11. The van der Waals surface area contributed by atoms with E-state index in [1.807, 2.05) is 18.2 Å². The van der Waals surface area contributed by atoms with Crippen LogP contribution in [0.4, 0.5) is 0 Å². The number of aromatic nitrogens is 3. The van der Waals surface area contributed by atoms with E-state index in [0.717, 1.165) is 50.6 Å². The lowest BCUT2D eigenvalue weighted by Gasteiger charge is -2.29. The van der Waals surface area contributed by atoms with E-state index in [-0.39, 0.29) is 0 Å². The minimum Gasteiger partial charge on any atom is -0.339 e. The SMILES string of the molecule is NCCN1CCC(c2nc(-c3ccccn3)no2)CC1. The molecule has 1 aliphatic heterocycles. The van der Waals surface area contributed by atoms with E-state index in [0.29, 0.717) is 11.7 Å². The minimum atomic E-state index is 0.356. The largest absolute Gasteiger partial charge is 0.339 e. The summed E-state index contributed by atoms with van der Waals surface area (Å²) >= 11 is 0. The van der Waals surface area contributed by atoms with E-state index < -0.39 is 0 Å². The highest BCUT2D eigenvalue weighted by molar-refractivity contribution is 5.47. The molecule has 0 amide bonds. The molecule has 0 spiro atoms. The number of nitrogens with zero attached hydrogens (tertiary/aromatic N) is 4. The highest BCUT2D eigenvalue weighted by atomic mass is 16.5. The smallest absolute Gasteiger partial charge is 0.230 e. The van der Waals surface area contributed by atoms with Crippen LogP contribution in [-0.2, 0) is 0 Å². The predicted molar refractivity (Wildman–Crippen MR) is 75.0 cm³/mol. The first kappa shape index (κ1) is 13.2. The average Bonchev–Trinajstić information content (AvgIpc) is 2.99. The third-order valence-electron chi connectivity index (χ3n) is 3.72. The summed E-state index contributed by atoms with van der Waals surface area (Å²) in [5.74, 6) is 1.66. The van der Waals surface area contributed by atoms with E-state index in [9.17, 15) is 0 Å². The molecule has 0 atom stereocenters. The zero-order chi connectivity index (χ0) is 13.8. The Kier molecular flexibility index (Phi) is 4.03. The summed E-state index contributed by atoms with van der Waals surface area (Å²) in [6, 6.07) is 5.68. The second-order valence-electron chi connectivity index (χ2n) is 5.08. The molecule has 3 heterocycles. The number of piperidine rings is 1. The van der Waals surface area contributed by atoms with Gasteiger partial charge in [0.15, 0.2) is 0 Å². The Morgan fingerprint density at radius 1 is 1.30 bits per heavy atom. The van der Waals surface area contributed by atoms with Gasteiger partial charge in [0, 0.05) is 25.2 Å². The molecule has 0 aliphatic carbocycles. The summed E-state index contributed by atoms with van der Waals surface area (Å²) in [6.07, 6.45) is 3.82. The maximum atomic E-state index is 5.58. The topological polar surface area (TPSA) is 81.1 Å². The molecule has 0 saturated carbocycles. The third-order valence-corrected chi connectivity index (χ3v) is 3.72. The molecule has 0 radical (unpaired) electrons. The van der Waals surface area contributed by atoms with Crippen LogP contribution in [-0.4, -0.2) is 46.2 Å². The highest BCUT2D eigenvalue weighted by Gasteiger charge is 2.25. The molecule has 6 heteroatoms. The maximum Gasteiger partial charge on any atom is 0.230 e. The van der Waals surface area contributed by atoms with Crippen LogP contribution in [0.5, 0.6) is 0 Å². The van der Waals surface area contributed by atoms with Crippen molar-refractivity contribution in [1.82, 2.24) is 20.0 Å². The van der Waals surface area contributed by atoms with Crippen molar-refractivity contribution >= 4 is 0 Å². The molecule has 6 nitrogen and oxygen atoms in total. The number of pyridine rings is 1. The van der Waals surface area contributed by atoms with Gasteiger partial charge in [-0.05, 0) is 38.1 Å². The summed E-state index contributed by atoms with van der Waals surface area (Å²) < 4.78 is 5.41. The van der Waals surface area contributed by atoms with Crippen molar-refractivity contribution in [3.63, 3.8) is 0 Å². The number of hydrogen-bond donors (Lipinski definition) is 1. The molecule has 106 valence electrons. The van der Waals surface area contributed by atoms with Gasteiger partial charge in [0.1, 0.15) is 5.69 Å². The van der Waals surface area contributed by atoms with Crippen molar-refractivity contribution in [3.8, 4) is 11.5 Å². The number of likely N-dealkylation sites (tertiary alicyclic amines) is 1. The summed E-state index contributed by atoms with van der Waals surface area (Å²) in [6.45, 7) is 3.77. The van der Waals surface area contributed by atoms with E-state index in [4.69, 9.17) is 10.3 Å².